The van der Waals surface area contributed by atoms with Gasteiger partial charge in [-0.15, -0.1) is 15.3 Å². The van der Waals surface area contributed by atoms with Crippen molar-refractivity contribution in [3.63, 3.8) is 0 Å². The predicted octanol–water partition coefficient (Wildman–Crippen LogP) is 2.61. The van der Waals surface area contributed by atoms with Crippen molar-refractivity contribution in [3.8, 4) is 11.6 Å². The van der Waals surface area contributed by atoms with E-state index in [1.807, 2.05) is 6.92 Å². The second-order valence-corrected chi connectivity index (χ2v) is 3.56. The highest BCUT2D eigenvalue weighted by molar-refractivity contribution is 6.32. The molecule has 1 N–H and O–H groups in total. The summed E-state index contributed by atoms with van der Waals surface area (Å²) in [4.78, 5) is 0. The summed E-state index contributed by atoms with van der Waals surface area (Å²) in [6.07, 6.45) is 0. The topological polar surface area (TPSA) is 63.7 Å². The molecular formula is C8H6Cl2N4O. The van der Waals surface area contributed by atoms with Crippen molar-refractivity contribution in [2.75, 3.05) is 0 Å². The lowest BCUT2D eigenvalue weighted by Gasteiger charge is -2.02. The molecule has 0 bridgehead atoms. The number of aromatic amines is 1. The lowest BCUT2D eigenvalue weighted by atomic mass is 10.5. The van der Waals surface area contributed by atoms with Crippen molar-refractivity contribution >= 4 is 23.2 Å². The monoisotopic (exact) mass is 244 g/mol. The van der Waals surface area contributed by atoms with Crippen molar-refractivity contribution in [2.24, 2.45) is 0 Å². The molecule has 2 aromatic rings. The van der Waals surface area contributed by atoms with E-state index in [1.165, 1.54) is 6.07 Å². The highest BCUT2D eigenvalue weighted by Gasteiger charge is 2.08. The van der Waals surface area contributed by atoms with Gasteiger partial charge in [-0.25, -0.2) is 0 Å². The number of nitrogens with one attached hydrogen (secondary N) is 1. The normalized spacial score (nSPS) is 10.3. The van der Waals surface area contributed by atoms with Crippen LogP contribution in [-0.4, -0.2) is 20.4 Å². The number of halogens is 2. The number of aryl methyl sites for hydroxylation is 1. The van der Waals surface area contributed by atoms with Gasteiger partial charge < -0.3 is 4.74 Å². The van der Waals surface area contributed by atoms with Crippen LogP contribution in [0.3, 0.4) is 0 Å². The minimum atomic E-state index is 0.139. The molecule has 0 unspecified atom stereocenters. The van der Waals surface area contributed by atoms with Gasteiger partial charge in [0.25, 0.3) is 0 Å². The van der Waals surface area contributed by atoms with E-state index < -0.39 is 0 Å². The molecule has 0 spiro atoms. The number of aromatic nitrogens is 4. The highest BCUT2D eigenvalue weighted by atomic mass is 35.5. The molecule has 15 heavy (non-hydrogen) atoms. The van der Waals surface area contributed by atoms with Crippen molar-refractivity contribution in [1.82, 2.24) is 20.4 Å². The minimum absolute atomic E-state index is 0.139. The molecule has 0 fully saturated rings. The van der Waals surface area contributed by atoms with Gasteiger partial charge >= 0.3 is 0 Å². The Morgan fingerprint density at radius 2 is 2.07 bits per heavy atom. The Balaban J connectivity index is 2.27. The number of ether oxygens (including phenoxy) is 1. The zero-order valence-electron chi connectivity index (χ0n) is 7.66. The van der Waals surface area contributed by atoms with E-state index in [-0.39, 0.29) is 10.3 Å². The molecule has 2 heterocycles. The number of hydrogen-bond acceptors (Lipinski definition) is 4. The molecule has 0 saturated heterocycles. The lowest BCUT2D eigenvalue weighted by molar-refractivity contribution is 0.458. The summed E-state index contributed by atoms with van der Waals surface area (Å²) in [5.41, 5.74) is 0.884. The van der Waals surface area contributed by atoms with Crippen molar-refractivity contribution in [3.05, 3.63) is 28.1 Å². The van der Waals surface area contributed by atoms with E-state index in [4.69, 9.17) is 27.9 Å². The summed E-state index contributed by atoms with van der Waals surface area (Å²) in [6, 6.07) is 3.20. The largest absolute Gasteiger partial charge is 0.434 e. The smallest absolute Gasteiger partial charge is 0.238 e. The van der Waals surface area contributed by atoms with Crippen molar-refractivity contribution in [1.29, 1.82) is 0 Å². The highest BCUT2D eigenvalue weighted by Crippen LogP contribution is 2.27. The summed E-state index contributed by atoms with van der Waals surface area (Å²) in [7, 11) is 0. The molecule has 2 aromatic heterocycles. The first-order valence-corrected chi connectivity index (χ1v) is 4.79. The van der Waals surface area contributed by atoms with Crippen LogP contribution in [0.2, 0.25) is 10.3 Å². The van der Waals surface area contributed by atoms with Crippen LogP contribution in [0.15, 0.2) is 12.1 Å². The fourth-order valence-electron chi connectivity index (χ4n) is 0.967. The first-order valence-electron chi connectivity index (χ1n) is 4.04. The Labute approximate surface area is 95.4 Å². The van der Waals surface area contributed by atoms with Crippen molar-refractivity contribution < 1.29 is 4.74 Å². The van der Waals surface area contributed by atoms with Crippen LogP contribution in [0.4, 0.5) is 0 Å². The average molecular weight is 245 g/mol. The SMILES string of the molecule is Cc1cc(Oc2cc(Cl)nnc2Cl)n[nH]1. The van der Waals surface area contributed by atoms with Gasteiger partial charge in [0.15, 0.2) is 16.1 Å². The first kappa shape index (κ1) is 10.2. The quantitative estimate of drug-likeness (QED) is 0.883. The van der Waals surface area contributed by atoms with Crippen LogP contribution < -0.4 is 4.74 Å². The van der Waals surface area contributed by atoms with Gasteiger partial charge in [0.1, 0.15) is 0 Å². The molecule has 2 rings (SSSR count). The van der Waals surface area contributed by atoms with Gasteiger partial charge in [0, 0.05) is 17.8 Å². The molecule has 0 atom stereocenters. The molecule has 0 aliphatic rings. The average Bonchev–Trinajstić information content (AvgIpc) is 2.58. The zero-order chi connectivity index (χ0) is 10.8. The Hall–Kier alpha value is -1.33. The molecule has 0 aromatic carbocycles. The summed E-state index contributed by atoms with van der Waals surface area (Å²) < 4.78 is 5.35. The van der Waals surface area contributed by atoms with E-state index in [0.29, 0.717) is 11.6 Å². The minimum Gasteiger partial charge on any atom is -0.434 e. The Morgan fingerprint density at radius 3 is 2.73 bits per heavy atom. The van der Waals surface area contributed by atoms with E-state index >= 15 is 0 Å². The van der Waals surface area contributed by atoms with E-state index in [9.17, 15) is 0 Å². The number of H-pyrrole nitrogens is 1. The first-order chi connectivity index (χ1) is 7.15. The second kappa shape index (κ2) is 4.04. The van der Waals surface area contributed by atoms with Crippen LogP contribution >= 0.6 is 23.2 Å². The summed E-state index contributed by atoms with van der Waals surface area (Å²) in [5.74, 6) is 0.724. The van der Waals surface area contributed by atoms with Gasteiger partial charge in [-0.1, -0.05) is 23.2 Å². The maximum absolute atomic E-state index is 5.76. The summed E-state index contributed by atoms with van der Waals surface area (Å²) in [6.45, 7) is 1.86. The number of nitrogens with zero attached hydrogens (tertiary/aromatic N) is 3. The van der Waals surface area contributed by atoms with Crippen LogP contribution in [0, 0.1) is 6.92 Å². The molecule has 7 heteroatoms. The summed E-state index contributed by atoms with van der Waals surface area (Å²) in [5, 5.41) is 14.1. The molecule has 5 nitrogen and oxygen atoms in total. The van der Waals surface area contributed by atoms with Crippen LogP contribution in [0.25, 0.3) is 0 Å². The fourth-order valence-corrected chi connectivity index (χ4v) is 1.23. The zero-order valence-corrected chi connectivity index (χ0v) is 9.17. The van der Waals surface area contributed by atoms with Crippen LogP contribution in [0.1, 0.15) is 5.69 Å². The van der Waals surface area contributed by atoms with Gasteiger partial charge in [-0.3, -0.25) is 5.10 Å². The van der Waals surface area contributed by atoms with E-state index in [0.717, 1.165) is 5.69 Å². The standard InChI is InChI=1S/C8H6Cl2N4O/c1-4-2-7(13-11-4)15-5-3-6(9)12-14-8(5)10/h2-3H,1H3,(H,11,13). The third kappa shape index (κ3) is 2.37. The third-order valence-electron chi connectivity index (χ3n) is 1.58. The fraction of sp³-hybridized carbons (Fsp3) is 0.125. The van der Waals surface area contributed by atoms with E-state index in [1.54, 1.807) is 6.07 Å². The van der Waals surface area contributed by atoms with Gasteiger partial charge in [-0.05, 0) is 6.92 Å². The molecule has 0 aliphatic heterocycles. The number of hydrogen-bond donors (Lipinski definition) is 1. The Kier molecular flexibility index (Phi) is 2.75. The second-order valence-electron chi connectivity index (χ2n) is 2.81. The van der Waals surface area contributed by atoms with Gasteiger partial charge in [-0.2, -0.15) is 0 Å². The van der Waals surface area contributed by atoms with E-state index in [2.05, 4.69) is 20.4 Å². The molecule has 0 aliphatic carbocycles. The Morgan fingerprint density at radius 1 is 1.27 bits per heavy atom. The lowest BCUT2D eigenvalue weighted by Crippen LogP contribution is -1.90. The molecule has 78 valence electrons. The van der Waals surface area contributed by atoms with Gasteiger partial charge in [0.05, 0.1) is 0 Å². The predicted molar refractivity (Wildman–Crippen MR) is 55.5 cm³/mol. The maximum atomic E-state index is 5.76. The molecule has 0 saturated carbocycles. The van der Waals surface area contributed by atoms with Gasteiger partial charge in [0.2, 0.25) is 5.88 Å². The van der Waals surface area contributed by atoms with Crippen molar-refractivity contribution in [2.45, 2.75) is 6.92 Å². The molecule has 0 amide bonds. The Bertz CT molecular complexity index is 485. The summed E-state index contributed by atoms with van der Waals surface area (Å²) >= 11 is 11.4. The van der Waals surface area contributed by atoms with Crippen LogP contribution in [-0.2, 0) is 0 Å². The molecular weight excluding hydrogens is 239 g/mol. The number of rotatable bonds is 2. The maximum Gasteiger partial charge on any atom is 0.238 e. The van der Waals surface area contributed by atoms with Crippen LogP contribution in [0.5, 0.6) is 11.6 Å². The molecule has 0 radical (unpaired) electrons. The third-order valence-corrected chi connectivity index (χ3v) is 2.03.